The first-order valence-electron chi connectivity index (χ1n) is 8.52. The lowest BCUT2D eigenvalue weighted by Crippen LogP contribution is -2.31. The lowest BCUT2D eigenvalue weighted by Gasteiger charge is -2.27. The van der Waals surface area contributed by atoms with E-state index in [-0.39, 0.29) is 5.97 Å². The van der Waals surface area contributed by atoms with Gasteiger partial charge >= 0.3 is 5.97 Å². The van der Waals surface area contributed by atoms with E-state index in [1.807, 2.05) is 19.1 Å². The standard InChI is InChI=1S/C19H26N2O4S/c1-7-25-18(22)16-12(4)20-19(26-11(2)3)21-17(16)14-9-8-13(23-5)10-15(14)24-6/h8-11,17H,7H2,1-6H3,(H,20,21)/t17-/m1/s1. The molecule has 1 aromatic carbocycles. The molecule has 0 saturated heterocycles. The van der Waals surface area contributed by atoms with Crippen LogP contribution in [-0.4, -0.2) is 37.2 Å². The summed E-state index contributed by atoms with van der Waals surface area (Å²) in [4.78, 5) is 17.4. The molecule has 0 amide bonds. The van der Waals surface area contributed by atoms with Crippen LogP contribution in [0.3, 0.4) is 0 Å². The summed E-state index contributed by atoms with van der Waals surface area (Å²) in [5.41, 5.74) is 2.02. The van der Waals surface area contributed by atoms with Crippen molar-refractivity contribution in [2.75, 3.05) is 20.8 Å². The van der Waals surface area contributed by atoms with Gasteiger partial charge in [-0.1, -0.05) is 25.6 Å². The highest BCUT2D eigenvalue weighted by Gasteiger charge is 2.32. The molecule has 0 spiro atoms. The summed E-state index contributed by atoms with van der Waals surface area (Å²) in [7, 11) is 3.19. The number of nitrogens with one attached hydrogen (secondary N) is 1. The molecule has 0 aromatic heterocycles. The van der Waals surface area contributed by atoms with Gasteiger partial charge in [-0.15, -0.1) is 0 Å². The highest BCUT2D eigenvalue weighted by molar-refractivity contribution is 8.14. The molecule has 0 radical (unpaired) electrons. The first-order valence-corrected chi connectivity index (χ1v) is 9.40. The van der Waals surface area contributed by atoms with Crippen molar-refractivity contribution in [2.45, 2.75) is 39.0 Å². The van der Waals surface area contributed by atoms with E-state index in [1.54, 1.807) is 39.0 Å². The van der Waals surface area contributed by atoms with Crippen LogP contribution >= 0.6 is 11.8 Å². The number of hydrogen-bond acceptors (Lipinski definition) is 7. The zero-order valence-electron chi connectivity index (χ0n) is 16.1. The van der Waals surface area contributed by atoms with Crippen LogP contribution in [0.1, 0.15) is 39.3 Å². The number of ether oxygens (including phenoxy) is 3. The summed E-state index contributed by atoms with van der Waals surface area (Å²) in [6, 6.07) is 5.00. The maximum Gasteiger partial charge on any atom is 0.338 e. The number of benzene rings is 1. The topological polar surface area (TPSA) is 69.2 Å². The minimum Gasteiger partial charge on any atom is -0.497 e. The average Bonchev–Trinajstić information content (AvgIpc) is 2.60. The Balaban J connectivity index is 2.55. The molecule has 1 aliphatic heterocycles. The van der Waals surface area contributed by atoms with Crippen LogP contribution in [0.25, 0.3) is 0 Å². The molecule has 26 heavy (non-hydrogen) atoms. The summed E-state index contributed by atoms with van der Waals surface area (Å²) in [6.45, 7) is 8.15. The van der Waals surface area contributed by atoms with Gasteiger partial charge in [0.2, 0.25) is 0 Å². The van der Waals surface area contributed by atoms with E-state index in [0.717, 1.165) is 16.4 Å². The van der Waals surface area contributed by atoms with Crippen LogP contribution < -0.4 is 14.8 Å². The molecule has 0 aliphatic carbocycles. The fourth-order valence-electron chi connectivity index (χ4n) is 2.67. The zero-order chi connectivity index (χ0) is 19.3. The molecule has 142 valence electrons. The molecule has 1 aliphatic rings. The molecule has 0 unspecified atom stereocenters. The number of thioether (sulfide) groups is 1. The van der Waals surface area contributed by atoms with E-state index in [2.05, 4.69) is 19.2 Å². The molecular weight excluding hydrogens is 352 g/mol. The number of amidine groups is 1. The molecule has 1 atom stereocenters. The van der Waals surface area contributed by atoms with Crippen molar-refractivity contribution in [2.24, 2.45) is 4.99 Å². The predicted molar refractivity (Wildman–Crippen MR) is 105 cm³/mol. The van der Waals surface area contributed by atoms with E-state index in [4.69, 9.17) is 19.2 Å². The normalized spacial score (nSPS) is 16.9. The molecule has 0 bridgehead atoms. The highest BCUT2D eigenvalue weighted by atomic mass is 32.2. The minimum atomic E-state index is -0.502. The number of rotatable bonds is 6. The quantitative estimate of drug-likeness (QED) is 0.762. The Bertz CT molecular complexity index is 728. The van der Waals surface area contributed by atoms with Gasteiger partial charge in [0.25, 0.3) is 0 Å². The van der Waals surface area contributed by atoms with E-state index in [9.17, 15) is 4.79 Å². The van der Waals surface area contributed by atoms with Crippen LogP contribution in [0.2, 0.25) is 0 Å². The summed E-state index contributed by atoms with van der Waals surface area (Å²) >= 11 is 1.61. The minimum absolute atomic E-state index is 0.305. The third-order valence-electron chi connectivity index (χ3n) is 3.80. The predicted octanol–water partition coefficient (Wildman–Crippen LogP) is 3.68. The van der Waals surface area contributed by atoms with Crippen LogP contribution in [0, 0.1) is 0 Å². The van der Waals surface area contributed by atoms with Crippen molar-refractivity contribution in [3.05, 3.63) is 35.0 Å². The molecule has 1 aromatic rings. The number of carbonyl (C=O) groups excluding carboxylic acids is 1. The van der Waals surface area contributed by atoms with Gasteiger partial charge in [-0.25, -0.2) is 9.79 Å². The summed E-state index contributed by atoms with van der Waals surface area (Å²) in [5, 5.41) is 4.35. The molecule has 6 nitrogen and oxygen atoms in total. The lowest BCUT2D eigenvalue weighted by atomic mass is 9.95. The van der Waals surface area contributed by atoms with Crippen LogP contribution in [-0.2, 0) is 9.53 Å². The Hall–Kier alpha value is -2.15. The molecule has 1 heterocycles. The fraction of sp³-hybridized carbons (Fsp3) is 0.474. The monoisotopic (exact) mass is 378 g/mol. The smallest absolute Gasteiger partial charge is 0.338 e. The van der Waals surface area contributed by atoms with Crippen LogP contribution in [0.4, 0.5) is 0 Å². The summed E-state index contributed by atoms with van der Waals surface area (Å²) in [6.07, 6.45) is 0. The van der Waals surface area contributed by atoms with Crippen molar-refractivity contribution in [3.8, 4) is 11.5 Å². The van der Waals surface area contributed by atoms with Gasteiger partial charge in [-0.05, 0) is 26.0 Å². The van der Waals surface area contributed by atoms with Gasteiger partial charge in [0, 0.05) is 22.6 Å². The van der Waals surface area contributed by atoms with E-state index in [1.165, 1.54) is 0 Å². The Morgan fingerprint density at radius 3 is 2.62 bits per heavy atom. The Labute approximate surface area is 159 Å². The number of carbonyl (C=O) groups is 1. The largest absolute Gasteiger partial charge is 0.497 e. The van der Waals surface area contributed by atoms with Crippen molar-refractivity contribution in [1.82, 2.24) is 5.32 Å². The lowest BCUT2D eigenvalue weighted by molar-refractivity contribution is -0.138. The summed E-state index contributed by atoms with van der Waals surface area (Å²) < 4.78 is 16.1. The van der Waals surface area contributed by atoms with E-state index < -0.39 is 6.04 Å². The molecule has 2 rings (SSSR count). The second-order valence-electron chi connectivity index (χ2n) is 6.00. The van der Waals surface area contributed by atoms with E-state index >= 15 is 0 Å². The highest BCUT2D eigenvalue weighted by Crippen LogP contribution is 2.39. The number of hydrogen-bond donors (Lipinski definition) is 1. The van der Waals surface area contributed by atoms with Crippen molar-refractivity contribution >= 4 is 22.9 Å². The number of allylic oxidation sites excluding steroid dienone is 1. The number of esters is 1. The van der Waals surface area contributed by atoms with Crippen LogP contribution in [0.15, 0.2) is 34.5 Å². The third-order valence-corrected chi connectivity index (χ3v) is 4.70. The zero-order valence-corrected chi connectivity index (χ0v) is 16.9. The Morgan fingerprint density at radius 1 is 1.31 bits per heavy atom. The SMILES string of the molecule is CCOC(=O)C1=C(C)NC(SC(C)C)=N[C@@H]1c1ccc(OC)cc1OC. The van der Waals surface area contributed by atoms with Crippen molar-refractivity contribution in [1.29, 1.82) is 0 Å². The van der Waals surface area contributed by atoms with Crippen molar-refractivity contribution in [3.63, 3.8) is 0 Å². The molecule has 0 saturated carbocycles. The van der Waals surface area contributed by atoms with Crippen molar-refractivity contribution < 1.29 is 19.0 Å². The first kappa shape index (κ1) is 20.2. The van der Waals surface area contributed by atoms with Gasteiger partial charge < -0.3 is 19.5 Å². The maximum atomic E-state index is 12.6. The molecule has 1 N–H and O–H groups in total. The molecule has 7 heteroatoms. The van der Waals surface area contributed by atoms with E-state index in [0.29, 0.717) is 28.9 Å². The molecular formula is C19H26N2O4S. The second kappa shape index (κ2) is 8.98. The fourth-order valence-corrected chi connectivity index (χ4v) is 3.50. The second-order valence-corrected chi connectivity index (χ2v) is 7.56. The number of aliphatic imine (C=N–C) groups is 1. The van der Waals surface area contributed by atoms with Gasteiger partial charge in [-0.3, -0.25) is 0 Å². The maximum absolute atomic E-state index is 12.6. The molecule has 0 fully saturated rings. The van der Waals surface area contributed by atoms with Gasteiger partial charge in [-0.2, -0.15) is 0 Å². The first-order chi connectivity index (χ1) is 12.4. The summed E-state index contributed by atoms with van der Waals surface area (Å²) in [5.74, 6) is 0.917. The van der Waals surface area contributed by atoms with Gasteiger partial charge in [0.1, 0.15) is 17.5 Å². The number of nitrogens with zero attached hydrogens (tertiary/aromatic N) is 1. The van der Waals surface area contributed by atoms with Gasteiger partial charge in [0.05, 0.1) is 26.4 Å². The number of methoxy groups -OCH3 is 2. The Kier molecular flexibility index (Phi) is 6.97. The van der Waals surface area contributed by atoms with Crippen LogP contribution in [0.5, 0.6) is 11.5 Å². The Morgan fingerprint density at radius 2 is 2.04 bits per heavy atom. The van der Waals surface area contributed by atoms with Gasteiger partial charge in [0.15, 0.2) is 5.17 Å². The third kappa shape index (κ3) is 4.52. The average molecular weight is 378 g/mol.